The molecule has 1 aromatic heterocycles. The van der Waals surface area contributed by atoms with Gasteiger partial charge in [-0.15, -0.1) is 0 Å². The van der Waals surface area contributed by atoms with E-state index >= 15 is 0 Å². The molecule has 0 atom stereocenters. The Hall–Kier alpha value is -2.23. The number of pyridine rings is 1. The molecule has 0 unspecified atom stereocenters. The van der Waals surface area contributed by atoms with E-state index in [1.54, 1.807) is 24.4 Å². The van der Waals surface area contributed by atoms with Gasteiger partial charge in [0.05, 0.1) is 7.11 Å². The second-order valence-electron chi connectivity index (χ2n) is 3.44. The summed E-state index contributed by atoms with van der Waals surface area (Å²) < 4.78 is 17.9. The number of carbonyl (C=O) groups is 1. The lowest BCUT2D eigenvalue weighted by molar-refractivity contribution is 0.112. The van der Waals surface area contributed by atoms with Gasteiger partial charge >= 0.3 is 0 Å². The molecule has 3 nitrogen and oxygen atoms in total. The predicted octanol–water partition coefficient (Wildman–Crippen LogP) is 2.71. The van der Waals surface area contributed by atoms with E-state index in [9.17, 15) is 9.18 Å². The molecule has 0 fully saturated rings. The van der Waals surface area contributed by atoms with Crippen LogP contribution in [0.1, 0.15) is 10.4 Å². The van der Waals surface area contributed by atoms with Crippen molar-refractivity contribution in [2.24, 2.45) is 0 Å². The van der Waals surface area contributed by atoms with E-state index in [2.05, 4.69) is 4.98 Å². The zero-order valence-corrected chi connectivity index (χ0v) is 9.18. The lowest BCUT2D eigenvalue weighted by Crippen LogP contribution is -1.91. The Labute approximate surface area is 97.9 Å². The van der Waals surface area contributed by atoms with Crippen molar-refractivity contribution in [3.8, 4) is 17.0 Å². The number of benzene rings is 1. The molecule has 0 amide bonds. The van der Waals surface area contributed by atoms with Crippen LogP contribution in [-0.4, -0.2) is 18.4 Å². The smallest absolute Gasteiger partial charge is 0.212 e. The maximum Gasteiger partial charge on any atom is 0.212 e. The fourth-order valence-corrected chi connectivity index (χ4v) is 1.55. The molecule has 4 heteroatoms. The largest absolute Gasteiger partial charge is 0.481 e. The summed E-state index contributed by atoms with van der Waals surface area (Å²) >= 11 is 0. The van der Waals surface area contributed by atoms with Gasteiger partial charge in [-0.3, -0.25) is 4.79 Å². The molecule has 0 spiro atoms. The summed E-state index contributed by atoms with van der Waals surface area (Å²) in [4.78, 5) is 14.9. The summed E-state index contributed by atoms with van der Waals surface area (Å²) in [5, 5.41) is 0. The molecule has 0 aliphatic carbocycles. The Kier molecular flexibility index (Phi) is 3.14. The molecule has 0 saturated carbocycles. The van der Waals surface area contributed by atoms with Crippen LogP contribution in [-0.2, 0) is 0 Å². The zero-order valence-electron chi connectivity index (χ0n) is 9.18. The van der Waals surface area contributed by atoms with Gasteiger partial charge in [0.1, 0.15) is 5.82 Å². The highest BCUT2D eigenvalue weighted by Crippen LogP contribution is 2.24. The van der Waals surface area contributed by atoms with Gasteiger partial charge in [-0.1, -0.05) is 6.07 Å². The van der Waals surface area contributed by atoms with Crippen LogP contribution in [0.2, 0.25) is 0 Å². The molecule has 0 bridgehead atoms. The third-order valence-corrected chi connectivity index (χ3v) is 2.40. The normalized spacial score (nSPS) is 10.0. The van der Waals surface area contributed by atoms with E-state index in [1.165, 1.54) is 19.2 Å². The molecule has 0 radical (unpaired) electrons. The highest BCUT2D eigenvalue weighted by atomic mass is 19.1. The number of methoxy groups -OCH3 is 1. The van der Waals surface area contributed by atoms with Crippen molar-refractivity contribution in [3.63, 3.8) is 0 Å². The van der Waals surface area contributed by atoms with Crippen molar-refractivity contribution in [2.75, 3.05) is 7.11 Å². The minimum atomic E-state index is -0.433. The Morgan fingerprint density at radius 3 is 2.71 bits per heavy atom. The molecule has 1 heterocycles. The number of aromatic nitrogens is 1. The minimum absolute atomic E-state index is 0.303. The number of rotatable bonds is 3. The molecule has 2 aromatic rings. The third-order valence-electron chi connectivity index (χ3n) is 2.40. The number of hydrogen-bond acceptors (Lipinski definition) is 3. The van der Waals surface area contributed by atoms with Crippen LogP contribution in [0.3, 0.4) is 0 Å². The SMILES string of the molecule is COc1ccc(-c2ccc(F)cc2C=O)cn1. The van der Waals surface area contributed by atoms with Crippen LogP contribution in [0, 0.1) is 5.82 Å². The molecule has 86 valence electrons. The van der Waals surface area contributed by atoms with Crippen LogP contribution >= 0.6 is 0 Å². The van der Waals surface area contributed by atoms with E-state index in [1.807, 2.05) is 0 Å². The van der Waals surface area contributed by atoms with Crippen LogP contribution in [0.5, 0.6) is 5.88 Å². The summed E-state index contributed by atoms with van der Waals surface area (Å²) in [5.41, 5.74) is 1.70. The Bertz CT molecular complexity index is 538. The van der Waals surface area contributed by atoms with Gasteiger partial charge in [0, 0.05) is 23.4 Å². The van der Waals surface area contributed by atoms with E-state index in [4.69, 9.17) is 4.74 Å². The van der Waals surface area contributed by atoms with Gasteiger partial charge in [-0.25, -0.2) is 9.37 Å². The number of ether oxygens (including phenoxy) is 1. The summed E-state index contributed by atoms with van der Waals surface area (Å²) in [5.74, 6) is 0.0563. The standard InChI is InChI=1S/C13H10FNO2/c1-17-13-5-2-9(7-15-13)12-4-3-11(14)6-10(12)8-16/h2-8H,1H3. The number of halogens is 1. The molecule has 0 saturated heterocycles. The highest BCUT2D eigenvalue weighted by molar-refractivity contribution is 5.87. The minimum Gasteiger partial charge on any atom is -0.481 e. The quantitative estimate of drug-likeness (QED) is 0.762. The maximum absolute atomic E-state index is 13.0. The molecule has 2 rings (SSSR count). The first-order chi connectivity index (χ1) is 8.24. The molecule has 0 aliphatic rings. The van der Waals surface area contributed by atoms with Crippen LogP contribution in [0.4, 0.5) is 4.39 Å². The average molecular weight is 231 g/mol. The number of aldehydes is 1. The zero-order chi connectivity index (χ0) is 12.3. The van der Waals surface area contributed by atoms with Gasteiger partial charge in [-0.05, 0) is 23.8 Å². The summed E-state index contributed by atoms with van der Waals surface area (Å²) in [7, 11) is 1.52. The van der Waals surface area contributed by atoms with Gasteiger partial charge in [-0.2, -0.15) is 0 Å². The first-order valence-corrected chi connectivity index (χ1v) is 4.99. The van der Waals surface area contributed by atoms with Crippen molar-refractivity contribution in [3.05, 3.63) is 47.9 Å². The van der Waals surface area contributed by atoms with E-state index in [-0.39, 0.29) is 0 Å². The first kappa shape index (κ1) is 11.3. The Morgan fingerprint density at radius 1 is 1.29 bits per heavy atom. The molecule has 1 aromatic carbocycles. The fraction of sp³-hybridized carbons (Fsp3) is 0.0769. The van der Waals surface area contributed by atoms with Crippen molar-refractivity contribution < 1.29 is 13.9 Å². The monoisotopic (exact) mass is 231 g/mol. The lowest BCUT2D eigenvalue weighted by Gasteiger charge is -2.05. The molecule has 0 N–H and O–H groups in total. The second-order valence-corrected chi connectivity index (χ2v) is 3.44. The second kappa shape index (κ2) is 4.74. The fourth-order valence-electron chi connectivity index (χ4n) is 1.55. The number of nitrogens with zero attached hydrogens (tertiary/aromatic N) is 1. The maximum atomic E-state index is 13.0. The van der Waals surface area contributed by atoms with Gasteiger partial charge < -0.3 is 4.74 Å². The average Bonchev–Trinajstić information content (AvgIpc) is 2.39. The van der Waals surface area contributed by atoms with E-state index in [0.29, 0.717) is 23.3 Å². The van der Waals surface area contributed by atoms with Crippen molar-refractivity contribution in [2.45, 2.75) is 0 Å². The van der Waals surface area contributed by atoms with E-state index < -0.39 is 5.82 Å². The Morgan fingerprint density at radius 2 is 2.12 bits per heavy atom. The number of hydrogen-bond donors (Lipinski definition) is 0. The predicted molar refractivity (Wildman–Crippen MR) is 61.6 cm³/mol. The third kappa shape index (κ3) is 2.30. The summed E-state index contributed by atoms with van der Waals surface area (Å²) in [6.07, 6.45) is 2.21. The van der Waals surface area contributed by atoms with Crippen molar-refractivity contribution in [1.82, 2.24) is 4.98 Å². The highest BCUT2D eigenvalue weighted by Gasteiger charge is 2.06. The molecular formula is C13H10FNO2. The van der Waals surface area contributed by atoms with Crippen molar-refractivity contribution in [1.29, 1.82) is 0 Å². The first-order valence-electron chi connectivity index (χ1n) is 4.99. The van der Waals surface area contributed by atoms with Gasteiger partial charge in [0.25, 0.3) is 0 Å². The molecule has 17 heavy (non-hydrogen) atoms. The summed E-state index contributed by atoms with van der Waals surface area (Å²) in [6.45, 7) is 0. The summed E-state index contributed by atoms with van der Waals surface area (Å²) in [6, 6.07) is 7.53. The Balaban J connectivity index is 2.48. The molecule has 0 aliphatic heterocycles. The van der Waals surface area contributed by atoms with Gasteiger partial charge in [0.15, 0.2) is 6.29 Å². The molecular weight excluding hydrogens is 221 g/mol. The topological polar surface area (TPSA) is 39.2 Å². The van der Waals surface area contributed by atoms with Gasteiger partial charge in [0.2, 0.25) is 5.88 Å². The number of carbonyl (C=O) groups excluding carboxylic acids is 1. The van der Waals surface area contributed by atoms with Crippen molar-refractivity contribution >= 4 is 6.29 Å². The lowest BCUT2D eigenvalue weighted by atomic mass is 10.0. The van der Waals surface area contributed by atoms with Crippen LogP contribution in [0.25, 0.3) is 11.1 Å². The van der Waals surface area contributed by atoms with E-state index in [0.717, 1.165) is 5.56 Å². The van der Waals surface area contributed by atoms with Crippen LogP contribution < -0.4 is 4.74 Å². The van der Waals surface area contributed by atoms with Crippen LogP contribution in [0.15, 0.2) is 36.5 Å².